The van der Waals surface area contributed by atoms with Gasteiger partial charge in [0.1, 0.15) is 0 Å². The topological polar surface area (TPSA) is 32.7 Å². The highest BCUT2D eigenvalue weighted by atomic mass is 19.1. The maximum absolute atomic E-state index is 14.3. The van der Waals surface area contributed by atoms with E-state index in [1.807, 2.05) is 24.3 Å². The molecular formula is C17H18FNO2. The predicted octanol–water partition coefficient (Wildman–Crippen LogP) is 3.28. The first-order chi connectivity index (χ1) is 10.2. The molecule has 0 spiro atoms. The van der Waals surface area contributed by atoms with E-state index in [1.165, 1.54) is 7.11 Å². The summed E-state index contributed by atoms with van der Waals surface area (Å²) in [5.74, 6) is -0.0542. The fourth-order valence-corrected chi connectivity index (χ4v) is 2.82. The van der Waals surface area contributed by atoms with E-state index in [1.54, 1.807) is 18.2 Å². The molecule has 0 radical (unpaired) electrons. The summed E-state index contributed by atoms with van der Waals surface area (Å²) in [5.41, 5.74) is 2.48. The van der Waals surface area contributed by atoms with E-state index in [0.717, 1.165) is 11.3 Å². The highest BCUT2D eigenvalue weighted by Gasteiger charge is 2.24. The van der Waals surface area contributed by atoms with Crippen LogP contribution in [0.4, 0.5) is 10.1 Å². The number of aliphatic hydroxyl groups excluding tert-OH is 1. The van der Waals surface area contributed by atoms with Gasteiger partial charge in [-0.05, 0) is 18.6 Å². The molecule has 1 atom stereocenters. The van der Waals surface area contributed by atoms with E-state index in [9.17, 15) is 9.50 Å². The van der Waals surface area contributed by atoms with Crippen molar-refractivity contribution in [2.75, 3.05) is 18.6 Å². The van der Waals surface area contributed by atoms with E-state index in [-0.39, 0.29) is 11.6 Å². The minimum Gasteiger partial charge on any atom is -0.494 e. The molecule has 21 heavy (non-hydrogen) atoms. The number of anilines is 1. The first-order valence-corrected chi connectivity index (χ1v) is 7.04. The van der Waals surface area contributed by atoms with E-state index >= 15 is 0 Å². The zero-order valence-electron chi connectivity index (χ0n) is 11.9. The molecule has 0 fully saturated rings. The fourth-order valence-electron chi connectivity index (χ4n) is 2.82. The first-order valence-electron chi connectivity index (χ1n) is 7.04. The molecule has 4 heteroatoms. The van der Waals surface area contributed by atoms with Gasteiger partial charge in [-0.3, -0.25) is 0 Å². The van der Waals surface area contributed by atoms with Crippen molar-refractivity contribution in [3.8, 4) is 5.75 Å². The molecule has 3 nitrogen and oxygen atoms in total. The number of aliphatic hydroxyl groups is 1. The van der Waals surface area contributed by atoms with E-state index in [4.69, 9.17) is 4.74 Å². The second-order valence-electron chi connectivity index (χ2n) is 5.22. The van der Waals surface area contributed by atoms with Gasteiger partial charge in [0.25, 0.3) is 0 Å². The number of methoxy groups -OCH3 is 1. The minimum absolute atomic E-state index is 0.262. The highest BCUT2D eigenvalue weighted by Crippen LogP contribution is 2.34. The van der Waals surface area contributed by atoms with E-state index < -0.39 is 6.10 Å². The lowest BCUT2D eigenvalue weighted by atomic mass is 9.98. The molecule has 1 aliphatic heterocycles. The Bertz CT molecular complexity index is 644. The zero-order chi connectivity index (χ0) is 14.8. The van der Waals surface area contributed by atoms with Crippen molar-refractivity contribution in [2.24, 2.45) is 0 Å². The van der Waals surface area contributed by atoms with Crippen molar-refractivity contribution in [3.63, 3.8) is 0 Å². The number of para-hydroxylation sites is 1. The van der Waals surface area contributed by atoms with Crippen molar-refractivity contribution in [3.05, 3.63) is 59.4 Å². The Kier molecular flexibility index (Phi) is 3.80. The highest BCUT2D eigenvalue weighted by molar-refractivity contribution is 5.57. The summed E-state index contributed by atoms with van der Waals surface area (Å²) < 4.78 is 19.3. The number of benzene rings is 2. The van der Waals surface area contributed by atoms with Crippen molar-refractivity contribution >= 4 is 5.69 Å². The molecule has 0 aliphatic carbocycles. The molecule has 1 unspecified atom stereocenters. The Hall–Kier alpha value is -2.07. The van der Waals surface area contributed by atoms with Crippen LogP contribution in [-0.4, -0.2) is 18.8 Å². The molecule has 0 saturated carbocycles. The number of hydrogen-bond donors (Lipinski definition) is 1. The van der Waals surface area contributed by atoms with Crippen LogP contribution in [0.2, 0.25) is 0 Å². The summed E-state index contributed by atoms with van der Waals surface area (Å²) in [6.45, 7) is 1.17. The average Bonchev–Trinajstić information content (AvgIpc) is 2.52. The van der Waals surface area contributed by atoms with Gasteiger partial charge in [0.15, 0.2) is 11.6 Å². The Morgan fingerprint density at radius 1 is 1.24 bits per heavy atom. The van der Waals surface area contributed by atoms with Crippen LogP contribution in [0.5, 0.6) is 5.75 Å². The molecule has 0 saturated heterocycles. The summed E-state index contributed by atoms with van der Waals surface area (Å²) in [7, 11) is 1.47. The maximum Gasteiger partial charge on any atom is 0.170 e. The standard InChI is InChI=1S/C17H18FNO2/c1-21-16-8-4-5-12(17(16)18)11-19-10-9-15(20)13-6-2-3-7-14(13)19/h2-8,15,20H,9-11H2,1H3. The van der Waals surface area contributed by atoms with Gasteiger partial charge < -0.3 is 14.7 Å². The van der Waals surface area contributed by atoms with Crippen LogP contribution >= 0.6 is 0 Å². The van der Waals surface area contributed by atoms with Crippen LogP contribution < -0.4 is 9.64 Å². The molecule has 2 aromatic carbocycles. The predicted molar refractivity (Wildman–Crippen MR) is 80.0 cm³/mol. The third kappa shape index (κ3) is 2.59. The van der Waals surface area contributed by atoms with Crippen LogP contribution in [-0.2, 0) is 6.54 Å². The largest absolute Gasteiger partial charge is 0.494 e. The summed E-state index contributed by atoms with van der Waals surface area (Å²) >= 11 is 0. The summed E-state index contributed by atoms with van der Waals surface area (Å²) in [5, 5.41) is 10.1. The summed E-state index contributed by atoms with van der Waals surface area (Å²) in [6, 6.07) is 12.9. The van der Waals surface area contributed by atoms with Crippen molar-refractivity contribution in [1.29, 1.82) is 0 Å². The van der Waals surface area contributed by atoms with Gasteiger partial charge in [-0.25, -0.2) is 4.39 Å². The van der Waals surface area contributed by atoms with Crippen molar-refractivity contribution < 1.29 is 14.2 Å². The number of hydrogen-bond acceptors (Lipinski definition) is 3. The smallest absolute Gasteiger partial charge is 0.170 e. The summed E-state index contributed by atoms with van der Waals surface area (Å²) in [6.07, 6.45) is 0.218. The lowest BCUT2D eigenvalue weighted by molar-refractivity contribution is 0.164. The van der Waals surface area contributed by atoms with Crippen LogP contribution in [0.25, 0.3) is 0 Å². The van der Waals surface area contributed by atoms with Gasteiger partial charge in [-0.2, -0.15) is 0 Å². The molecule has 0 amide bonds. The molecule has 1 aliphatic rings. The van der Waals surface area contributed by atoms with Crippen LogP contribution in [0, 0.1) is 5.82 Å². The van der Waals surface area contributed by atoms with Gasteiger partial charge >= 0.3 is 0 Å². The maximum atomic E-state index is 14.3. The van der Waals surface area contributed by atoms with Crippen LogP contribution in [0.3, 0.4) is 0 Å². The lowest BCUT2D eigenvalue weighted by Gasteiger charge is -2.34. The van der Waals surface area contributed by atoms with Crippen LogP contribution in [0.1, 0.15) is 23.7 Å². The van der Waals surface area contributed by atoms with Crippen LogP contribution in [0.15, 0.2) is 42.5 Å². The number of halogens is 1. The quantitative estimate of drug-likeness (QED) is 0.940. The molecule has 1 heterocycles. The molecule has 0 bridgehead atoms. The number of nitrogens with zero attached hydrogens (tertiary/aromatic N) is 1. The minimum atomic E-state index is -0.437. The molecule has 110 valence electrons. The molecule has 1 N–H and O–H groups in total. The van der Waals surface area contributed by atoms with Gasteiger partial charge in [0.2, 0.25) is 0 Å². The molecule has 2 aromatic rings. The number of rotatable bonds is 3. The van der Waals surface area contributed by atoms with E-state index in [0.29, 0.717) is 25.1 Å². The van der Waals surface area contributed by atoms with Gasteiger partial charge in [0.05, 0.1) is 13.2 Å². The second-order valence-corrected chi connectivity index (χ2v) is 5.22. The van der Waals surface area contributed by atoms with Crippen molar-refractivity contribution in [2.45, 2.75) is 19.1 Å². The number of fused-ring (bicyclic) bond motifs is 1. The molecular weight excluding hydrogens is 269 g/mol. The Labute approximate surface area is 123 Å². The van der Waals surface area contributed by atoms with Gasteiger partial charge in [-0.15, -0.1) is 0 Å². The number of ether oxygens (including phenoxy) is 1. The van der Waals surface area contributed by atoms with Crippen molar-refractivity contribution in [1.82, 2.24) is 0 Å². The monoisotopic (exact) mass is 287 g/mol. The SMILES string of the molecule is COc1cccc(CN2CCC(O)c3ccccc32)c1F. The third-order valence-electron chi connectivity index (χ3n) is 3.93. The molecule has 3 rings (SSSR count). The fraction of sp³-hybridized carbons (Fsp3) is 0.294. The Balaban J connectivity index is 1.91. The molecule has 0 aromatic heterocycles. The second kappa shape index (κ2) is 5.74. The Morgan fingerprint density at radius 3 is 2.86 bits per heavy atom. The lowest BCUT2D eigenvalue weighted by Crippen LogP contribution is -2.31. The van der Waals surface area contributed by atoms with E-state index in [2.05, 4.69) is 4.90 Å². The average molecular weight is 287 g/mol. The van der Waals surface area contributed by atoms with Gasteiger partial charge in [0, 0.05) is 29.9 Å². The third-order valence-corrected chi connectivity index (χ3v) is 3.93. The first kappa shape index (κ1) is 13.9. The zero-order valence-corrected chi connectivity index (χ0v) is 11.9. The Morgan fingerprint density at radius 2 is 2.05 bits per heavy atom. The normalized spacial score (nSPS) is 17.5. The summed E-state index contributed by atoms with van der Waals surface area (Å²) in [4.78, 5) is 2.10. The van der Waals surface area contributed by atoms with Gasteiger partial charge in [-0.1, -0.05) is 30.3 Å².